The van der Waals surface area contributed by atoms with Crippen LogP contribution in [0.15, 0.2) is 28.7 Å². The number of methoxy groups -OCH3 is 1. The quantitative estimate of drug-likeness (QED) is 0.542. The molecule has 0 radical (unpaired) electrons. The summed E-state index contributed by atoms with van der Waals surface area (Å²) in [5.41, 5.74) is 0. The number of hydrogen-bond acceptors (Lipinski definition) is 6. The molecule has 0 saturated heterocycles. The fourth-order valence-electron chi connectivity index (χ4n) is 1.61. The van der Waals surface area contributed by atoms with Crippen molar-refractivity contribution < 1.29 is 28.2 Å². The Balaban J connectivity index is 1.85. The third-order valence-corrected chi connectivity index (χ3v) is 3.76. The fraction of sp³-hybridized carbons (Fsp3) is 0.200. The van der Waals surface area contributed by atoms with Gasteiger partial charge in [-0.1, -0.05) is 34.8 Å². The van der Waals surface area contributed by atoms with Gasteiger partial charge >= 0.3 is 11.9 Å². The summed E-state index contributed by atoms with van der Waals surface area (Å²) in [7, 11) is 1.23. The van der Waals surface area contributed by atoms with Gasteiger partial charge in [-0.15, -0.1) is 0 Å². The van der Waals surface area contributed by atoms with E-state index >= 15 is 0 Å². The van der Waals surface area contributed by atoms with Crippen LogP contribution in [-0.4, -0.2) is 25.7 Å². The van der Waals surface area contributed by atoms with E-state index in [0.29, 0.717) is 0 Å². The Morgan fingerprint density at radius 3 is 2.50 bits per heavy atom. The van der Waals surface area contributed by atoms with E-state index in [1.54, 1.807) is 0 Å². The van der Waals surface area contributed by atoms with Crippen molar-refractivity contribution in [1.29, 1.82) is 0 Å². The Morgan fingerprint density at radius 1 is 1.08 bits per heavy atom. The molecule has 0 atom stereocenters. The molecule has 6 nitrogen and oxygen atoms in total. The lowest BCUT2D eigenvalue weighted by Gasteiger charge is -2.09. The van der Waals surface area contributed by atoms with Gasteiger partial charge in [0.2, 0.25) is 5.76 Å². The van der Waals surface area contributed by atoms with Crippen molar-refractivity contribution in [3.05, 3.63) is 50.9 Å². The van der Waals surface area contributed by atoms with Crippen LogP contribution in [0.25, 0.3) is 0 Å². The summed E-state index contributed by atoms with van der Waals surface area (Å²) < 4.78 is 19.8. The van der Waals surface area contributed by atoms with Crippen LogP contribution in [0.4, 0.5) is 0 Å². The Kier molecular flexibility index (Phi) is 6.36. The van der Waals surface area contributed by atoms with E-state index in [9.17, 15) is 9.59 Å². The minimum absolute atomic E-state index is 0.0161. The Bertz CT molecular complexity index is 756. The van der Waals surface area contributed by atoms with Crippen molar-refractivity contribution in [2.45, 2.75) is 6.61 Å². The standard InChI is InChI=1S/C15H11Cl3O6/c1-21-15(20)12-3-2-8(24-12)6-23-14(19)7-22-13-5-10(17)9(16)4-11(13)18/h2-5H,6-7H2,1H3. The number of rotatable bonds is 6. The van der Waals surface area contributed by atoms with Crippen LogP contribution in [0, 0.1) is 0 Å². The van der Waals surface area contributed by atoms with Crippen molar-refractivity contribution in [3.8, 4) is 5.75 Å². The first-order chi connectivity index (χ1) is 11.4. The summed E-state index contributed by atoms with van der Waals surface area (Å²) in [5, 5.41) is 0.733. The summed E-state index contributed by atoms with van der Waals surface area (Å²) in [6.45, 7) is -0.545. The third kappa shape index (κ3) is 4.80. The van der Waals surface area contributed by atoms with Gasteiger partial charge in [-0.3, -0.25) is 0 Å². The molecule has 2 rings (SSSR count). The highest BCUT2D eigenvalue weighted by Crippen LogP contribution is 2.33. The second-order valence-electron chi connectivity index (χ2n) is 4.40. The molecule has 0 N–H and O–H groups in total. The fourth-order valence-corrected chi connectivity index (χ4v) is 2.20. The molecule has 0 aliphatic rings. The van der Waals surface area contributed by atoms with Gasteiger partial charge in [0.25, 0.3) is 0 Å². The zero-order valence-corrected chi connectivity index (χ0v) is 14.6. The van der Waals surface area contributed by atoms with Crippen LogP contribution in [0.3, 0.4) is 0 Å². The molecule has 1 aromatic heterocycles. The topological polar surface area (TPSA) is 75.0 Å². The SMILES string of the molecule is COC(=O)c1ccc(COC(=O)COc2cc(Cl)c(Cl)cc2Cl)o1. The molecule has 0 amide bonds. The van der Waals surface area contributed by atoms with Crippen molar-refractivity contribution in [3.63, 3.8) is 0 Å². The van der Waals surface area contributed by atoms with Crippen LogP contribution >= 0.6 is 34.8 Å². The average Bonchev–Trinajstić information content (AvgIpc) is 3.03. The van der Waals surface area contributed by atoms with Gasteiger partial charge in [0.05, 0.1) is 22.2 Å². The number of halogens is 3. The molecule has 128 valence electrons. The number of esters is 2. The zero-order valence-electron chi connectivity index (χ0n) is 12.3. The van der Waals surface area contributed by atoms with Crippen LogP contribution in [0.5, 0.6) is 5.75 Å². The molecule has 1 aromatic carbocycles. The first kappa shape index (κ1) is 18.4. The van der Waals surface area contributed by atoms with Crippen LogP contribution in [-0.2, 0) is 20.9 Å². The third-order valence-electron chi connectivity index (χ3n) is 2.74. The summed E-state index contributed by atoms with van der Waals surface area (Å²) in [6, 6.07) is 5.72. The highest BCUT2D eigenvalue weighted by atomic mass is 35.5. The van der Waals surface area contributed by atoms with E-state index in [2.05, 4.69) is 4.74 Å². The first-order valence-electron chi connectivity index (χ1n) is 6.50. The predicted octanol–water partition coefficient (Wildman–Crippen LogP) is 4.15. The lowest BCUT2D eigenvalue weighted by molar-refractivity contribution is -0.147. The van der Waals surface area contributed by atoms with Gasteiger partial charge < -0.3 is 18.6 Å². The van der Waals surface area contributed by atoms with Crippen LogP contribution in [0.1, 0.15) is 16.3 Å². The number of benzene rings is 1. The second kappa shape index (κ2) is 8.28. The molecule has 0 aliphatic heterocycles. The number of furan rings is 1. The molecule has 0 aliphatic carbocycles. The molecule has 2 aromatic rings. The molecule has 0 spiro atoms. The van der Waals surface area contributed by atoms with Gasteiger partial charge in [-0.05, 0) is 18.2 Å². The van der Waals surface area contributed by atoms with Gasteiger partial charge in [0.15, 0.2) is 6.61 Å². The molecule has 9 heteroatoms. The van der Waals surface area contributed by atoms with Crippen LogP contribution < -0.4 is 4.74 Å². The summed E-state index contributed by atoms with van der Waals surface area (Å²) in [5.74, 6) is -0.772. The summed E-state index contributed by atoms with van der Waals surface area (Å²) in [4.78, 5) is 22.9. The Hall–Kier alpha value is -1.89. The maximum absolute atomic E-state index is 11.7. The van der Waals surface area contributed by atoms with E-state index in [1.165, 1.54) is 31.4 Å². The maximum atomic E-state index is 11.7. The smallest absolute Gasteiger partial charge is 0.373 e. The normalized spacial score (nSPS) is 10.3. The molecular weight excluding hydrogens is 383 g/mol. The minimum Gasteiger partial charge on any atom is -0.480 e. The monoisotopic (exact) mass is 392 g/mol. The highest BCUT2D eigenvalue weighted by molar-refractivity contribution is 6.43. The van der Waals surface area contributed by atoms with E-state index in [0.717, 1.165) is 0 Å². The predicted molar refractivity (Wildman–Crippen MR) is 86.8 cm³/mol. The second-order valence-corrected chi connectivity index (χ2v) is 5.63. The number of ether oxygens (including phenoxy) is 3. The lowest BCUT2D eigenvalue weighted by Crippen LogP contribution is -2.14. The van der Waals surface area contributed by atoms with Crippen molar-refractivity contribution in [2.75, 3.05) is 13.7 Å². The first-order valence-corrected chi connectivity index (χ1v) is 7.64. The average molecular weight is 394 g/mol. The molecule has 0 unspecified atom stereocenters. The molecule has 0 fully saturated rings. The van der Waals surface area contributed by atoms with Gasteiger partial charge in [-0.2, -0.15) is 0 Å². The number of carbonyl (C=O) groups excluding carboxylic acids is 2. The molecule has 0 bridgehead atoms. The van der Waals surface area contributed by atoms with E-state index in [1.807, 2.05) is 0 Å². The van der Waals surface area contributed by atoms with E-state index in [-0.39, 0.29) is 45.6 Å². The van der Waals surface area contributed by atoms with Crippen molar-refractivity contribution in [2.24, 2.45) is 0 Å². The lowest BCUT2D eigenvalue weighted by atomic mass is 10.3. The van der Waals surface area contributed by atoms with Crippen LogP contribution in [0.2, 0.25) is 15.1 Å². The van der Waals surface area contributed by atoms with Gasteiger partial charge in [-0.25, -0.2) is 9.59 Å². The van der Waals surface area contributed by atoms with E-state index < -0.39 is 11.9 Å². The van der Waals surface area contributed by atoms with Crippen molar-refractivity contribution in [1.82, 2.24) is 0 Å². The van der Waals surface area contributed by atoms with Crippen molar-refractivity contribution >= 4 is 46.7 Å². The molecular formula is C15H11Cl3O6. The van der Waals surface area contributed by atoms with Gasteiger partial charge in [0, 0.05) is 6.07 Å². The largest absolute Gasteiger partial charge is 0.480 e. The summed E-state index contributed by atoms with van der Waals surface area (Å²) in [6.07, 6.45) is 0. The Morgan fingerprint density at radius 2 is 1.79 bits per heavy atom. The zero-order chi connectivity index (χ0) is 17.7. The van der Waals surface area contributed by atoms with E-state index in [4.69, 9.17) is 48.7 Å². The number of carbonyl (C=O) groups is 2. The molecule has 1 heterocycles. The minimum atomic E-state index is -0.659. The summed E-state index contributed by atoms with van der Waals surface area (Å²) >= 11 is 17.6. The maximum Gasteiger partial charge on any atom is 0.373 e. The Labute approximate surface area is 152 Å². The van der Waals surface area contributed by atoms with Gasteiger partial charge in [0.1, 0.15) is 18.1 Å². The molecule has 24 heavy (non-hydrogen) atoms. The molecule has 0 saturated carbocycles. The highest BCUT2D eigenvalue weighted by Gasteiger charge is 2.13. The number of hydrogen-bond donors (Lipinski definition) is 0.